The Bertz CT molecular complexity index is 3450. The second kappa shape index (κ2) is 27.4. The van der Waals surface area contributed by atoms with Crippen LogP contribution in [-0.2, 0) is 57.5 Å². The Balaban J connectivity index is 0.830. The van der Waals surface area contributed by atoms with E-state index in [2.05, 4.69) is 56.8 Å². The van der Waals surface area contributed by atoms with Gasteiger partial charge in [-0.2, -0.15) is 0 Å². The minimum atomic E-state index is -1.000. The molecule has 3 aromatic heterocycles. The number of aliphatic imine (C=N–C) groups is 1. The van der Waals surface area contributed by atoms with Gasteiger partial charge in [0.1, 0.15) is 41.2 Å². The van der Waals surface area contributed by atoms with E-state index in [0.717, 1.165) is 70.7 Å². The molecule has 0 spiro atoms. The Morgan fingerprint density at radius 1 is 0.857 bits per heavy atom. The van der Waals surface area contributed by atoms with Gasteiger partial charge in [-0.05, 0) is 119 Å². The maximum Gasteiger partial charge on any atom is 0.412 e. The van der Waals surface area contributed by atoms with E-state index < -0.39 is 47.2 Å². The van der Waals surface area contributed by atoms with Crippen LogP contribution in [-0.4, -0.2) is 129 Å². The molecular formula is C63H75N9O10S2. The van der Waals surface area contributed by atoms with Crippen LogP contribution in [0.2, 0.25) is 0 Å². The average molecular weight is 1180 g/mol. The highest BCUT2D eigenvalue weighted by molar-refractivity contribution is 7.15. The SMILES string of the molecule is COC(=O)C[C@@H]1N=C(c2ccc(C#CCOCCOCCc3cc(CCC(=O)N[C@H](C(=O)N4C[C@H](O)C[C@H]4C(=O)NCc4ccc(-c5scnc5C)cc4)C(C)(C)C)cc(NC(=O)OC(C)(C)C)c3)cc2)c2c(sc(C)c2C)-n2c(C)nnc21. The van der Waals surface area contributed by atoms with Crippen LogP contribution < -0.4 is 16.0 Å². The first-order chi connectivity index (χ1) is 40.0. The molecule has 84 heavy (non-hydrogen) atoms. The fourth-order valence-corrected chi connectivity index (χ4v) is 12.0. The number of aryl methyl sites for hydroxylation is 4. The van der Waals surface area contributed by atoms with E-state index in [0.29, 0.717) is 43.6 Å². The number of anilines is 1. The molecule has 4 N–H and O–H groups in total. The molecule has 1 fully saturated rings. The molecule has 4 amide bonds. The second-order valence-electron chi connectivity index (χ2n) is 23.1. The molecule has 1 saturated heterocycles. The summed E-state index contributed by atoms with van der Waals surface area (Å²) in [5.41, 5.74) is 9.83. The number of nitrogens with one attached hydrogen (secondary N) is 3. The van der Waals surface area contributed by atoms with Gasteiger partial charge in [0.15, 0.2) is 5.82 Å². The van der Waals surface area contributed by atoms with Gasteiger partial charge in [0.05, 0.1) is 61.2 Å². The van der Waals surface area contributed by atoms with Crippen LogP contribution in [0.3, 0.4) is 0 Å². The topological polar surface area (TPSA) is 238 Å². The van der Waals surface area contributed by atoms with E-state index in [4.69, 9.17) is 23.9 Å². The molecule has 0 saturated carbocycles. The zero-order chi connectivity index (χ0) is 60.5. The Labute approximate surface area is 499 Å². The van der Waals surface area contributed by atoms with Crippen molar-refractivity contribution in [1.82, 2.24) is 35.3 Å². The molecule has 8 rings (SSSR count). The number of carbonyl (C=O) groups is 5. The van der Waals surface area contributed by atoms with E-state index in [1.54, 1.807) is 49.5 Å². The summed E-state index contributed by atoms with van der Waals surface area (Å²) in [6.45, 7) is 20.2. The molecule has 4 atom stereocenters. The number of β-amino-alcohol motifs (C(OH)–C–C–N with tert-alkyl or cyclic N) is 1. The monoisotopic (exact) mass is 1180 g/mol. The van der Waals surface area contributed by atoms with Crippen LogP contribution in [0.25, 0.3) is 15.4 Å². The predicted octanol–water partition coefficient (Wildman–Crippen LogP) is 8.86. The first-order valence-corrected chi connectivity index (χ1v) is 29.8. The number of carbonyl (C=O) groups excluding carboxylic acids is 5. The summed E-state index contributed by atoms with van der Waals surface area (Å²) < 4.78 is 24.3. The minimum Gasteiger partial charge on any atom is -0.469 e. The molecule has 19 nitrogen and oxygen atoms in total. The number of thiazole rings is 1. The van der Waals surface area contributed by atoms with Crippen molar-refractivity contribution in [1.29, 1.82) is 0 Å². The number of aliphatic hydroxyl groups is 1. The molecule has 5 heterocycles. The molecule has 6 aromatic rings. The Hall–Kier alpha value is -7.61. The highest BCUT2D eigenvalue weighted by Crippen LogP contribution is 2.40. The Morgan fingerprint density at radius 2 is 1.56 bits per heavy atom. The average Bonchev–Trinajstić information content (AvgIpc) is 3.80. The number of nitrogens with zero attached hydrogens (tertiary/aromatic N) is 6. The lowest BCUT2D eigenvalue weighted by atomic mass is 9.85. The number of rotatable bonds is 20. The molecule has 0 aliphatic carbocycles. The molecule has 3 aromatic carbocycles. The smallest absolute Gasteiger partial charge is 0.412 e. The maximum absolute atomic E-state index is 14.3. The van der Waals surface area contributed by atoms with Gasteiger partial charge in [0.2, 0.25) is 17.7 Å². The minimum absolute atomic E-state index is 0.0166. The summed E-state index contributed by atoms with van der Waals surface area (Å²) in [6, 6.07) is 18.8. The van der Waals surface area contributed by atoms with Crippen LogP contribution >= 0.6 is 22.7 Å². The first kappa shape index (κ1) is 62.4. The summed E-state index contributed by atoms with van der Waals surface area (Å²) >= 11 is 3.21. The number of hydrogen-bond acceptors (Lipinski definition) is 16. The maximum atomic E-state index is 14.3. The van der Waals surface area contributed by atoms with Crippen molar-refractivity contribution in [3.63, 3.8) is 0 Å². The third-order valence-electron chi connectivity index (χ3n) is 14.3. The van der Waals surface area contributed by atoms with Gasteiger partial charge < -0.3 is 39.6 Å². The van der Waals surface area contributed by atoms with Crippen molar-refractivity contribution in [2.75, 3.05) is 45.4 Å². The zero-order valence-electron chi connectivity index (χ0n) is 49.6. The van der Waals surface area contributed by atoms with Gasteiger partial charge in [-0.1, -0.05) is 75.1 Å². The number of aromatic nitrogens is 4. The van der Waals surface area contributed by atoms with Crippen LogP contribution in [0.15, 0.2) is 77.2 Å². The van der Waals surface area contributed by atoms with Crippen molar-refractivity contribution in [3.05, 3.63) is 133 Å². The Kier molecular flexibility index (Phi) is 20.4. The highest BCUT2D eigenvalue weighted by Gasteiger charge is 2.44. The lowest BCUT2D eigenvalue weighted by Crippen LogP contribution is -2.57. The van der Waals surface area contributed by atoms with Gasteiger partial charge in [-0.3, -0.25) is 34.1 Å². The van der Waals surface area contributed by atoms with E-state index in [-0.39, 0.29) is 63.2 Å². The fourth-order valence-electron chi connectivity index (χ4n) is 9.96. The third kappa shape index (κ3) is 16.0. The number of thiophene rings is 1. The van der Waals surface area contributed by atoms with Crippen LogP contribution in [0.1, 0.15) is 128 Å². The number of ether oxygens (including phenoxy) is 4. The molecule has 444 valence electrons. The van der Waals surface area contributed by atoms with Crippen LogP contribution in [0.5, 0.6) is 0 Å². The van der Waals surface area contributed by atoms with Crippen molar-refractivity contribution in [3.8, 4) is 27.3 Å². The van der Waals surface area contributed by atoms with Crippen LogP contribution in [0, 0.1) is 45.0 Å². The molecule has 21 heteroatoms. The lowest BCUT2D eigenvalue weighted by molar-refractivity contribution is -0.144. The molecular weight excluding hydrogens is 1110 g/mol. The number of hydrogen-bond donors (Lipinski definition) is 4. The number of benzene rings is 3. The number of methoxy groups -OCH3 is 1. The highest BCUT2D eigenvalue weighted by atomic mass is 32.1. The van der Waals surface area contributed by atoms with Gasteiger partial charge in [0.25, 0.3) is 0 Å². The normalized spacial score (nSPS) is 16.1. The van der Waals surface area contributed by atoms with Crippen molar-refractivity contribution < 1.29 is 48.0 Å². The third-order valence-corrected chi connectivity index (χ3v) is 16.5. The summed E-state index contributed by atoms with van der Waals surface area (Å²) in [7, 11) is 1.36. The van der Waals surface area contributed by atoms with Crippen molar-refractivity contribution >= 4 is 63.9 Å². The number of aliphatic hydroxyl groups excluding tert-OH is 1. The van der Waals surface area contributed by atoms with Gasteiger partial charge >= 0.3 is 12.1 Å². The molecule has 0 unspecified atom stereocenters. The fraction of sp³-hybridized carbons (Fsp3) is 0.444. The quantitative estimate of drug-likeness (QED) is 0.0318. The van der Waals surface area contributed by atoms with E-state index in [9.17, 15) is 29.1 Å². The summed E-state index contributed by atoms with van der Waals surface area (Å²) in [6.07, 6.45) is -0.657. The van der Waals surface area contributed by atoms with E-state index in [1.807, 2.05) is 105 Å². The predicted molar refractivity (Wildman–Crippen MR) is 323 cm³/mol. The van der Waals surface area contributed by atoms with Gasteiger partial charge in [-0.15, -0.1) is 32.9 Å². The first-order valence-electron chi connectivity index (χ1n) is 28.1. The largest absolute Gasteiger partial charge is 0.469 e. The van der Waals surface area contributed by atoms with Crippen molar-refractivity contribution in [2.24, 2.45) is 10.4 Å². The van der Waals surface area contributed by atoms with Gasteiger partial charge in [-0.25, -0.2) is 9.78 Å². The second-order valence-corrected chi connectivity index (χ2v) is 25.1. The molecule has 0 bridgehead atoms. The standard InChI is InChI=1S/C63H75N9O10S2/c1-37-39(3)84-60-53(37)54(67-49(33-52(75)79-11)57-70-69-40(4)72(57)60)45-19-14-41(15-20-45)13-12-25-80-27-28-81-26-24-44-29-43(30-47(31-44)66-61(78)82-63(8,9)10)18-23-51(74)68-56(62(5,6)7)59(77)71-35-48(73)32-50(71)58(76)64-34-42-16-21-46(22-17-42)55-38(2)65-36-83-55/h14-17,19-22,29-31,36,48-50,56,73H,18,23-28,32-35H2,1-11H3,(H,64,76)(H,66,78)(H,68,74)/t48-,49+,50+,56-/m1/s1. The van der Waals surface area contributed by atoms with Crippen LogP contribution in [0.4, 0.5) is 10.5 Å². The number of likely N-dealkylation sites (tertiary alicyclic amines) is 1. The lowest BCUT2D eigenvalue weighted by Gasteiger charge is -2.35. The summed E-state index contributed by atoms with van der Waals surface area (Å²) in [4.78, 5) is 80.3. The number of amides is 4. The summed E-state index contributed by atoms with van der Waals surface area (Å²) in [5.74, 6) is 5.95. The molecule has 0 radical (unpaired) electrons. The van der Waals surface area contributed by atoms with E-state index in [1.165, 1.54) is 12.0 Å². The molecule has 2 aliphatic rings. The van der Waals surface area contributed by atoms with E-state index >= 15 is 0 Å². The zero-order valence-corrected chi connectivity index (χ0v) is 51.3. The number of fused-ring (bicyclic) bond motifs is 3. The van der Waals surface area contributed by atoms with Gasteiger partial charge in [0, 0.05) is 53.2 Å². The molecule has 2 aliphatic heterocycles. The number of esters is 1. The van der Waals surface area contributed by atoms with Crippen molar-refractivity contribution in [2.45, 2.75) is 138 Å². The summed E-state index contributed by atoms with van der Waals surface area (Å²) in [5, 5.41) is 29.2. The Morgan fingerprint density at radius 3 is 2.24 bits per heavy atom.